The minimum atomic E-state index is -0.325. The molecule has 0 spiro atoms. The number of likely N-dealkylation sites (tertiary alicyclic amines) is 1. The molecule has 1 aromatic heterocycles. The minimum absolute atomic E-state index is 0.0960. The highest BCUT2D eigenvalue weighted by Crippen LogP contribution is 2.47. The lowest BCUT2D eigenvalue weighted by atomic mass is 9.89. The van der Waals surface area contributed by atoms with Gasteiger partial charge in [0.05, 0.1) is 17.9 Å². The van der Waals surface area contributed by atoms with Crippen molar-refractivity contribution in [1.29, 1.82) is 0 Å². The zero-order chi connectivity index (χ0) is 20.0. The average molecular weight is 397 g/mol. The summed E-state index contributed by atoms with van der Waals surface area (Å²) in [5.74, 6) is 0.116. The molecule has 0 radical (unpaired) electrons. The Morgan fingerprint density at radius 1 is 1.07 bits per heavy atom. The maximum Gasteiger partial charge on any atom is 0.226 e. The first kappa shape index (κ1) is 18.5. The van der Waals surface area contributed by atoms with Crippen LogP contribution in [-0.2, 0) is 4.79 Å². The molecule has 4 nitrogen and oxygen atoms in total. The first-order chi connectivity index (χ1) is 14.1. The van der Waals surface area contributed by atoms with Gasteiger partial charge < -0.3 is 9.80 Å². The molecule has 3 aliphatic rings. The zero-order valence-corrected chi connectivity index (χ0v) is 16.3. The van der Waals surface area contributed by atoms with Gasteiger partial charge in [0.2, 0.25) is 5.91 Å². The Hall–Kier alpha value is -2.50. The summed E-state index contributed by atoms with van der Waals surface area (Å²) in [5.41, 5.74) is 1.40. The van der Waals surface area contributed by atoms with Crippen molar-refractivity contribution in [2.24, 2.45) is 17.8 Å². The molecule has 0 bridgehead atoms. The standard InChI is InChI=1S/C23H25F2N3O/c24-18-7-3-6-16(10-18)22-19-14-27(21-8-9-26-11-20(21)25)12-17(19)13-28(22)23(29)15-4-1-2-5-15/h3,6-11,15,17,19,22H,1-2,4-5,12-14H2/t17-,19-,22-/m0/s1. The monoisotopic (exact) mass is 397 g/mol. The van der Waals surface area contributed by atoms with E-state index >= 15 is 0 Å². The Morgan fingerprint density at radius 2 is 1.90 bits per heavy atom. The summed E-state index contributed by atoms with van der Waals surface area (Å²) < 4.78 is 28.3. The Kier molecular flexibility index (Phi) is 4.72. The molecule has 1 aromatic carbocycles. The Morgan fingerprint density at radius 3 is 2.66 bits per heavy atom. The first-order valence-electron chi connectivity index (χ1n) is 10.5. The molecule has 5 rings (SSSR count). The van der Waals surface area contributed by atoms with E-state index in [1.54, 1.807) is 24.4 Å². The van der Waals surface area contributed by atoms with Gasteiger partial charge in [0.25, 0.3) is 0 Å². The molecule has 2 aliphatic heterocycles. The lowest BCUT2D eigenvalue weighted by Crippen LogP contribution is -2.38. The van der Waals surface area contributed by atoms with Crippen molar-refractivity contribution >= 4 is 11.6 Å². The zero-order valence-electron chi connectivity index (χ0n) is 16.3. The van der Waals surface area contributed by atoms with Crippen LogP contribution >= 0.6 is 0 Å². The van der Waals surface area contributed by atoms with Gasteiger partial charge >= 0.3 is 0 Å². The van der Waals surface area contributed by atoms with Gasteiger partial charge in [-0.3, -0.25) is 9.78 Å². The van der Waals surface area contributed by atoms with E-state index < -0.39 is 0 Å². The number of benzene rings is 1. The van der Waals surface area contributed by atoms with Gasteiger partial charge in [0.1, 0.15) is 5.82 Å². The van der Waals surface area contributed by atoms with Crippen LogP contribution in [0.3, 0.4) is 0 Å². The van der Waals surface area contributed by atoms with Crippen molar-refractivity contribution in [3.63, 3.8) is 0 Å². The third-order valence-electron chi connectivity index (χ3n) is 6.93. The van der Waals surface area contributed by atoms with E-state index in [0.29, 0.717) is 25.3 Å². The highest BCUT2D eigenvalue weighted by Gasteiger charge is 2.50. The van der Waals surface area contributed by atoms with E-state index in [2.05, 4.69) is 9.88 Å². The van der Waals surface area contributed by atoms with E-state index in [0.717, 1.165) is 31.2 Å². The molecule has 3 heterocycles. The number of hydrogen-bond donors (Lipinski definition) is 0. The number of rotatable bonds is 3. The summed E-state index contributed by atoms with van der Waals surface area (Å²) in [6.45, 7) is 2.01. The average Bonchev–Trinajstić information content (AvgIpc) is 3.44. The third kappa shape index (κ3) is 3.28. The highest BCUT2D eigenvalue weighted by molar-refractivity contribution is 5.80. The van der Waals surface area contributed by atoms with Crippen LogP contribution in [0.15, 0.2) is 42.7 Å². The van der Waals surface area contributed by atoms with Gasteiger partial charge in [-0.25, -0.2) is 8.78 Å². The van der Waals surface area contributed by atoms with Crippen LogP contribution in [0, 0.1) is 29.4 Å². The van der Waals surface area contributed by atoms with E-state index in [4.69, 9.17) is 0 Å². The number of nitrogens with zero attached hydrogens (tertiary/aromatic N) is 3. The number of aromatic nitrogens is 1. The fourth-order valence-electron chi connectivity index (χ4n) is 5.62. The molecule has 2 aromatic rings. The van der Waals surface area contributed by atoms with Gasteiger partial charge in [-0.2, -0.15) is 0 Å². The van der Waals surface area contributed by atoms with Gasteiger partial charge in [-0.1, -0.05) is 25.0 Å². The smallest absolute Gasteiger partial charge is 0.226 e. The first-order valence-corrected chi connectivity index (χ1v) is 10.5. The van der Waals surface area contributed by atoms with E-state index in [-0.39, 0.29) is 41.3 Å². The molecule has 3 fully saturated rings. The second kappa shape index (κ2) is 7.39. The van der Waals surface area contributed by atoms with E-state index in [1.807, 2.05) is 11.0 Å². The molecule has 1 saturated carbocycles. The number of anilines is 1. The molecule has 1 aliphatic carbocycles. The third-order valence-corrected chi connectivity index (χ3v) is 6.93. The quantitative estimate of drug-likeness (QED) is 0.779. The minimum Gasteiger partial charge on any atom is -0.368 e. The highest BCUT2D eigenvalue weighted by atomic mass is 19.1. The summed E-state index contributed by atoms with van der Waals surface area (Å²) in [7, 11) is 0. The summed E-state index contributed by atoms with van der Waals surface area (Å²) in [6, 6.07) is 8.17. The number of fused-ring (bicyclic) bond motifs is 1. The molecule has 3 atom stereocenters. The predicted octanol–water partition coefficient (Wildman–Crippen LogP) is 4.19. The molecule has 29 heavy (non-hydrogen) atoms. The van der Waals surface area contributed by atoms with Crippen molar-refractivity contribution in [2.75, 3.05) is 24.5 Å². The largest absolute Gasteiger partial charge is 0.368 e. The van der Waals surface area contributed by atoms with Crippen molar-refractivity contribution in [3.8, 4) is 0 Å². The fraction of sp³-hybridized carbons (Fsp3) is 0.478. The van der Waals surface area contributed by atoms with Gasteiger partial charge in [0, 0.05) is 43.6 Å². The molecule has 0 unspecified atom stereocenters. The summed E-state index contributed by atoms with van der Waals surface area (Å²) in [5, 5.41) is 0. The predicted molar refractivity (Wildman–Crippen MR) is 106 cm³/mol. The number of halogens is 2. The Bertz CT molecular complexity index is 915. The van der Waals surface area contributed by atoms with Crippen molar-refractivity contribution in [3.05, 3.63) is 59.9 Å². The Labute approximate surface area is 169 Å². The van der Waals surface area contributed by atoms with Crippen molar-refractivity contribution in [1.82, 2.24) is 9.88 Å². The normalized spacial score (nSPS) is 26.9. The second-order valence-corrected chi connectivity index (χ2v) is 8.63. The summed E-state index contributed by atoms with van der Waals surface area (Å²) in [6.07, 6.45) is 6.97. The number of hydrogen-bond acceptors (Lipinski definition) is 3. The van der Waals surface area contributed by atoms with E-state index in [1.165, 1.54) is 12.3 Å². The molecule has 0 N–H and O–H groups in total. The molecular weight excluding hydrogens is 372 g/mol. The fourth-order valence-corrected chi connectivity index (χ4v) is 5.62. The topological polar surface area (TPSA) is 36.4 Å². The van der Waals surface area contributed by atoms with Crippen LogP contribution in [0.5, 0.6) is 0 Å². The molecule has 2 saturated heterocycles. The van der Waals surface area contributed by atoms with Gasteiger partial charge in [0.15, 0.2) is 5.82 Å². The maximum atomic E-state index is 14.3. The van der Waals surface area contributed by atoms with Crippen LogP contribution in [0.4, 0.5) is 14.5 Å². The van der Waals surface area contributed by atoms with Gasteiger partial charge in [-0.15, -0.1) is 0 Å². The van der Waals surface area contributed by atoms with Crippen LogP contribution in [0.2, 0.25) is 0 Å². The van der Waals surface area contributed by atoms with Crippen molar-refractivity contribution < 1.29 is 13.6 Å². The molecule has 1 amide bonds. The van der Waals surface area contributed by atoms with Crippen LogP contribution in [0.1, 0.15) is 37.3 Å². The molecule has 6 heteroatoms. The number of carbonyl (C=O) groups excluding carboxylic acids is 1. The lowest BCUT2D eigenvalue weighted by Gasteiger charge is -2.32. The Balaban J connectivity index is 1.46. The summed E-state index contributed by atoms with van der Waals surface area (Å²) >= 11 is 0. The number of amides is 1. The van der Waals surface area contributed by atoms with Gasteiger partial charge in [-0.05, 0) is 36.6 Å². The second-order valence-electron chi connectivity index (χ2n) is 8.63. The molecule has 152 valence electrons. The maximum absolute atomic E-state index is 14.3. The molecular formula is C23H25F2N3O. The lowest BCUT2D eigenvalue weighted by molar-refractivity contribution is -0.136. The van der Waals surface area contributed by atoms with Crippen LogP contribution in [0.25, 0.3) is 0 Å². The van der Waals surface area contributed by atoms with E-state index in [9.17, 15) is 13.6 Å². The van der Waals surface area contributed by atoms with Crippen LogP contribution in [-0.4, -0.2) is 35.4 Å². The van der Waals surface area contributed by atoms with Crippen LogP contribution < -0.4 is 4.90 Å². The SMILES string of the molecule is O=C(C1CCCC1)N1C[C@@H]2CN(c3ccncc3F)C[C@@H]2[C@@H]1c1cccc(F)c1. The summed E-state index contributed by atoms with van der Waals surface area (Å²) in [4.78, 5) is 21.2. The number of pyridine rings is 1. The number of carbonyl (C=O) groups is 1. The van der Waals surface area contributed by atoms with Crippen molar-refractivity contribution in [2.45, 2.75) is 31.7 Å².